The molecule has 0 N–H and O–H groups in total. The van der Waals surface area contributed by atoms with Gasteiger partial charge in [-0.15, -0.1) is 11.3 Å². The number of aromatic nitrogens is 1. The number of hydrogen-bond acceptors (Lipinski definition) is 4. The van der Waals surface area contributed by atoms with Crippen LogP contribution in [0.1, 0.15) is 24.4 Å². The van der Waals surface area contributed by atoms with Crippen LogP contribution < -0.4 is 0 Å². The highest BCUT2D eigenvalue weighted by atomic mass is 32.2. The molecule has 0 saturated heterocycles. The van der Waals surface area contributed by atoms with Crippen molar-refractivity contribution in [3.8, 4) is 0 Å². The standard InChI is InChI=1S/C10H16N2O2S2/c1-8(2)16(13,14)12-5-3-9-10(4-6-12)15-7-11-9/h7-8H,3-6H2,1-2H3. The SMILES string of the molecule is CC(C)S(=O)(=O)N1CCc2ncsc2CC1. The lowest BCUT2D eigenvalue weighted by atomic mass is 10.2. The molecule has 0 aliphatic carbocycles. The first kappa shape index (κ1) is 12.0. The minimum atomic E-state index is -3.11. The molecule has 0 radical (unpaired) electrons. The molecule has 1 aliphatic rings. The Morgan fingerprint density at radius 1 is 1.38 bits per heavy atom. The third-order valence-corrected chi connectivity index (χ3v) is 6.08. The zero-order chi connectivity index (χ0) is 11.8. The predicted molar refractivity (Wildman–Crippen MR) is 65.2 cm³/mol. The molecular weight excluding hydrogens is 244 g/mol. The summed E-state index contributed by atoms with van der Waals surface area (Å²) in [4.78, 5) is 5.51. The first-order valence-corrected chi connectivity index (χ1v) is 7.80. The molecule has 0 atom stereocenters. The van der Waals surface area contributed by atoms with Gasteiger partial charge in [0.05, 0.1) is 16.5 Å². The Hall–Kier alpha value is -0.460. The van der Waals surface area contributed by atoms with E-state index >= 15 is 0 Å². The lowest BCUT2D eigenvalue weighted by Crippen LogP contribution is -2.38. The molecule has 1 aliphatic heterocycles. The van der Waals surface area contributed by atoms with Gasteiger partial charge in [-0.05, 0) is 20.3 Å². The van der Waals surface area contributed by atoms with E-state index in [1.54, 1.807) is 29.5 Å². The van der Waals surface area contributed by atoms with Crippen molar-refractivity contribution >= 4 is 21.4 Å². The molecule has 1 aromatic rings. The maximum atomic E-state index is 12.0. The van der Waals surface area contributed by atoms with Gasteiger partial charge in [0.1, 0.15) is 0 Å². The first-order valence-electron chi connectivity index (χ1n) is 5.42. The maximum Gasteiger partial charge on any atom is 0.216 e. The Labute approximate surface area is 100 Å². The van der Waals surface area contributed by atoms with Crippen molar-refractivity contribution < 1.29 is 8.42 Å². The maximum absolute atomic E-state index is 12.0. The third kappa shape index (κ3) is 2.14. The molecule has 0 aromatic carbocycles. The van der Waals surface area contributed by atoms with Gasteiger partial charge in [0.15, 0.2) is 0 Å². The second-order valence-corrected chi connectivity index (χ2v) is 7.64. The lowest BCUT2D eigenvalue weighted by Gasteiger charge is -2.22. The first-order chi connectivity index (χ1) is 7.51. The summed E-state index contributed by atoms with van der Waals surface area (Å²) in [6.45, 7) is 4.62. The van der Waals surface area contributed by atoms with Crippen LogP contribution in [0.25, 0.3) is 0 Å². The molecule has 1 aromatic heterocycles. The van der Waals surface area contributed by atoms with Crippen molar-refractivity contribution in [1.82, 2.24) is 9.29 Å². The van der Waals surface area contributed by atoms with Crippen LogP contribution in [0.3, 0.4) is 0 Å². The number of nitrogens with zero attached hydrogens (tertiary/aromatic N) is 2. The molecule has 0 amide bonds. The van der Waals surface area contributed by atoms with Crippen LogP contribution in [0.2, 0.25) is 0 Å². The number of fused-ring (bicyclic) bond motifs is 1. The normalized spacial score (nSPS) is 18.4. The molecule has 0 saturated carbocycles. The van der Waals surface area contributed by atoms with Gasteiger partial charge in [0, 0.05) is 24.4 Å². The molecule has 0 fully saturated rings. The Balaban J connectivity index is 2.16. The topological polar surface area (TPSA) is 50.3 Å². The van der Waals surface area contributed by atoms with Gasteiger partial charge < -0.3 is 0 Å². The van der Waals surface area contributed by atoms with Gasteiger partial charge in [-0.2, -0.15) is 0 Å². The number of hydrogen-bond donors (Lipinski definition) is 0. The second kappa shape index (κ2) is 4.43. The molecular formula is C10H16N2O2S2. The highest BCUT2D eigenvalue weighted by molar-refractivity contribution is 7.89. The van der Waals surface area contributed by atoms with Crippen molar-refractivity contribution in [2.24, 2.45) is 0 Å². The van der Waals surface area contributed by atoms with Crippen LogP contribution in [-0.4, -0.2) is 36.0 Å². The van der Waals surface area contributed by atoms with E-state index < -0.39 is 10.0 Å². The van der Waals surface area contributed by atoms with Crippen LogP contribution >= 0.6 is 11.3 Å². The van der Waals surface area contributed by atoms with Gasteiger partial charge in [-0.1, -0.05) is 0 Å². The highest BCUT2D eigenvalue weighted by Gasteiger charge is 2.27. The molecule has 4 nitrogen and oxygen atoms in total. The lowest BCUT2D eigenvalue weighted by molar-refractivity contribution is 0.421. The van der Waals surface area contributed by atoms with E-state index in [0.29, 0.717) is 13.1 Å². The molecule has 6 heteroatoms. The Morgan fingerprint density at radius 2 is 2.06 bits per heavy atom. The highest BCUT2D eigenvalue weighted by Crippen LogP contribution is 2.21. The van der Waals surface area contributed by atoms with Crippen LogP contribution in [0.15, 0.2) is 5.51 Å². The third-order valence-electron chi connectivity index (χ3n) is 2.87. The van der Waals surface area contributed by atoms with Crippen molar-refractivity contribution in [3.05, 3.63) is 16.1 Å². The summed E-state index contributed by atoms with van der Waals surface area (Å²) in [6, 6.07) is 0. The summed E-state index contributed by atoms with van der Waals surface area (Å²) in [5.41, 5.74) is 2.92. The largest absolute Gasteiger partial charge is 0.249 e. The van der Waals surface area contributed by atoms with Crippen LogP contribution in [-0.2, 0) is 22.9 Å². The van der Waals surface area contributed by atoms with Crippen LogP contribution in [0.4, 0.5) is 0 Å². The summed E-state index contributed by atoms with van der Waals surface area (Å²) >= 11 is 1.63. The van der Waals surface area contributed by atoms with Gasteiger partial charge in [-0.25, -0.2) is 17.7 Å². The van der Waals surface area contributed by atoms with Gasteiger partial charge in [0.25, 0.3) is 0 Å². The Kier molecular flexibility index (Phi) is 3.32. The van der Waals surface area contributed by atoms with Crippen LogP contribution in [0.5, 0.6) is 0 Å². The summed E-state index contributed by atoms with van der Waals surface area (Å²) < 4.78 is 25.6. The molecule has 0 bridgehead atoms. The molecule has 90 valence electrons. The molecule has 0 unspecified atom stereocenters. The van der Waals surface area contributed by atoms with Crippen LogP contribution in [0, 0.1) is 0 Å². The molecule has 2 heterocycles. The van der Waals surface area contributed by atoms with E-state index in [1.165, 1.54) is 4.88 Å². The average molecular weight is 260 g/mol. The van der Waals surface area contributed by atoms with Gasteiger partial charge >= 0.3 is 0 Å². The zero-order valence-corrected chi connectivity index (χ0v) is 11.1. The average Bonchev–Trinajstić information content (AvgIpc) is 2.56. The number of thiazole rings is 1. The van der Waals surface area contributed by atoms with E-state index in [-0.39, 0.29) is 5.25 Å². The second-order valence-electron chi connectivity index (χ2n) is 4.21. The monoisotopic (exact) mass is 260 g/mol. The molecule has 2 rings (SSSR count). The minimum Gasteiger partial charge on any atom is -0.249 e. The van der Waals surface area contributed by atoms with E-state index in [2.05, 4.69) is 4.98 Å². The zero-order valence-electron chi connectivity index (χ0n) is 9.51. The number of rotatable bonds is 2. The summed E-state index contributed by atoms with van der Waals surface area (Å²) in [5, 5.41) is -0.336. The molecule has 0 spiro atoms. The summed E-state index contributed by atoms with van der Waals surface area (Å²) in [6.07, 6.45) is 1.54. The fourth-order valence-electron chi connectivity index (χ4n) is 1.82. The van der Waals surface area contributed by atoms with E-state index in [0.717, 1.165) is 18.5 Å². The molecule has 16 heavy (non-hydrogen) atoms. The van der Waals surface area contributed by atoms with E-state index in [4.69, 9.17) is 0 Å². The minimum absolute atomic E-state index is 0.336. The fourth-order valence-corrected chi connectivity index (χ4v) is 3.92. The van der Waals surface area contributed by atoms with Crippen molar-refractivity contribution in [2.75, 3.05) is 13.1 Å². The Bertz CT molecular complexity index is 442. The summed E-state index contributed by atoms with van der Waals surface area (Å²) in [7, 11) is -3.11. The number of sulfonamides is 1. The quantitative estimate of drug-likeness (QED) is 0.805. The van der Waals surface area contributed by atoms with Crippen molar-refractivity contribution in [3.63, 3.8) is 0 Å². The van der Waals surface area contributed by atoms with Crippen molar-refractivity contribution in [1.29, 1.82) is 0 Å². The van der Waals surface area contributed by atoms with Gasteiger partial charge in [0.2, 0.25) is 10.0 Å². The van der Waals surface area contributed by atoms with E-state index in [1.807, 2.05) is 5.51 Å². The predicted octanol–water partition coefficient (Wildman–Crippen LogP) is 1.28. The van der Waals surface area contributed by atoms with E-state index in [9.17, 15) is 8.42 Å². The summed E-state index contributed by atoms with van der Waals surface area (Å²) in [5.74, 6) is 0. The van der Waals surface area contributed by atoms with Gasteiger partial charge in [-0.3, -0.25) is 0 Å². The fraction of sp³-hybridized carbons (Fsp3) is 0.700. The Morgan fingerprint density at radius 3 is 2.75 bits per heavy atom. The van der Waals surface area contributed by atoms with Crippen molar-refractivity contribution in [2.45, 2.75) is 31.9 Å². The smallest absolute Gasteiger partial charge is 0.216 e.